The Morgan fingerprint density at radius 1 is 1.41 bits per heavy atom. The highest BCUT2D eigenvalue weighted by Gasteiger charge is 2.38. The maximum atomic E-state index is 10.6. The molecule has 1 saturated heterocycles. The molecule has 0 aliphatic carbocycles. The van der Waals surface area contributed by atoms with Gasteiger partial charge in [0.15, 0.2) is 5.82 Å². The summed E-state index contributed by atoms with van der Waals surface area (Å²) < 4.78 is 33.8. The summed E-state index contributed by atoms with van der Waals surface area (Å²) in [7, 11) is 0. The third kappa shape index (κ3) is 3.67. The summed E-state index contributed by atoms with van der Waals surface area (Å²) in [5.41, 5.74) is 7.06. The topological polar surface area (TPSA) is 83.9 Å². The Kier molecular flexibility index (Phi) is 4.55. The van der Waals surface area contributed by atoms with Gasteiger partial charge in [0.2, 0.25) is 0 Å². The number of hydrogen-bond donors (Lipinski definition) is 2. The zero-order valence-corrected chi connectivity index (χ0v) is 11.5. The average molecular weight is 316 g/mol. The third-order valence-corrected chi connectivity index (χ3v) is 3.20. The summed E-state index contributed by atoms with van der Waals surface area (Å²) in [4.78, 5) is 15.6. The second kappa shape index (κ2) is 6.22. The van der Waals surface area contributed by atoms with E-state index in [1.165, 1.54) is 0 Å². The summed E-state index contributed by atoms with van der Waals surface area (Å²) >= 11 is 0. The highest BCUT2D eigenvalue weighted by molar-refractivity contribution is 5.73. The van der Waals surface area contributed by atoms with Crippen LogP contribution in [0.1, 0.15) is 6.42 Å². The molecule has 3 heterocycles. The van der Waals surface area contributed by atoms with E-state index in [-0.39, 0.29) is 0 Å². The van der Waals surface area contributed by atoms with Gasteiger partial charge in [0, 0.05) is 37.7 Å². The predicted octanol–water partition coefficient (Wildman–Crippen LogP) is 1.50. The molecule has 3 rings (SSSR count). The van der Waals surface area contributed by atoms with Crippen LogP contribution in [0.25, 0.3) is 5.52 Å². The molecule has 22 heavy (non-hydrogen) atoms. The van der Waals surface area contributed by atoms with Crippen LogP contribution in [0.5, 0.6) is 0 Å². The van der Waals surface area contributed by atoms with Gasteiger partial charge in [-0.05, 0) is 18.6 Å². The van der Waals surface area contributed by atoms with Gasteiger partial charge in [0.25, 0.3) is 0 Å². The fourth-order valence-corrected chi connectivity index (χ4v) is 2.18. The average Bonchev–Trinajstić information content (AvgIpc) is 3.06. The molecule has 9 heteroatoms. The van der Waals surface area contributed by atoms with Gasteiger partial charge in [-0.25, -0.2) is 9.78 Å². The molecule has 6 nitrogen and oxygen atoms in total. The second-order valence-corrected chi connectivity index (χ2v) is 4.85. The SMILES string of the molecule is N[C@H]1CCN(c2nccn3cccc23)C1.O=C(O)C(F)(F)F. The molecule has 0 bridgehead atoms. The molecule has 0 aromatic carbocycles. The number of fused-ring (bicyclic) bond motifs is 1. The van der Waals surface area contributed by atoms with E-state index in [1.54, 1.807) is 0 Å². The molecule has 120 valence electrons. The number of carboxylic acids is 1. The molecular formula is C13H15F3N4O2. The molecular weight excluding hydrogens is 301 g/mol. The number of carbonyl (C=O) groups is 1. The van der Waals surface area contributed by atoms with E-state index in [4.69, 9.17) is 15.6 Å². The van der Waals surface area contributed by atoms with E-state index in [0.29, 0.717) is 6.04 Å². The molecule has 0 unspecified atom stereocenters. The van der Waals surface area contributed by atoms with Crippen molar-refractivity contribution >= 4 is 17.3 Å². The summed E-state index contributed by atoms with van der Waals surface area (Å²) in [5.74, 6) is -1.71. The van der Waals surface area contributed by atoms with Gasteiger partial charge in [0.05, 0.1) is 5.52 Å². The summed E-state index contributed by atoms with van der Waals surface area (Å²) in [6, 6.07) is 4.42. The van der Waals surface area contributed by atoms with Gasteiger partial charge in [-0.15, -0.1) is 0 Å². The van der Waals surface area contributed by atoms with Crippen molar-refractivity contribution in [3.05, 3.63) is 30.7 Å². The second-order valence-electron chi connectivity index (χ2n) is 4.85. The Morgan fingerprint density at radius 2 is 2.09 bits per heavy atom. The van der Waals surface area contributed by atoms with Crippen molar-refractivity contribution in [1.82, 2.24) is 9.38 Å². The van der Waals surface area contributed by atoms with Crippen molar-refractivity contribution in [2.24, 2.45) is 5.73 Å². The number of nitrogens with zero attached hydrogens (tertiary/aromatic N) is 3. The number of halogens is 3. The van der Waals surface area contributed by atoms with Crippen LogP contribution < -0.4 is 10.6 Å². The van der Waals surface area contributed by atoms with Crippen LogP contribution in [-0.2, 0) is 4.79 Å². The minimum atomic E-state index is -5.08. The summed E-state index contributed by atoms with van der Waals surface area (Å²) in [6.07, 6.45) is 1.82. The van der Waals surface area contributed by atoms with Crippen molar-refractivity contribution in [3.8, 4) is 0 Å². The molecule has 1 atom stereocenters. The van der Waals surface area contributed by atoms with Gasteiger partial charge in [-0.3, -0.25) is 0 Å². The highest BCUT2D eigenvalue weighted by Crippen LogP contribution is 2.22. The molecule has 1 aliphatic heterocycles. The van der Waals surface area contributed by atoms with Crippen LogP contribution in [0.4, 0.5) is 19.0 Å². The van der Waals surface area contributed by atoms with E-state index in [1.807, 2.05) is 24.7 Å². The van der Waals surface area contributed by atoms with Crippen LogP contribution in [0.2, 0.25) is 0 Å². The number of nitrogens with two attached hydrogens (primary N) is 1. The van der Waals surface area contributed by atoms with E-state index in [2.05, 4.69) is 20.4 Å². The number of aromatic nitrogens is 2. The van der Waals surface area contributed by atoms with Gasteiger partial charge in [0.1, 0.15) is 0 Å². The first-order valence-corrected chi connectivity index (χ1v) is 6.51. The molecule has 3 N–H and O–H groups in total. The Morgan fingerprint density at radius 3 is 2.64 bits per heavy atom. The van der Waals surface area contributed by atoms with Gasteiger partial charge < -0.3 is 20.1 Å². The quantitative estimate of drug-likeness (QED) is 0.833. The summed E-state index contributed by atoms with van der Waals surface area (Å²) in [5, 5.41) is 7.12. The number of carboxylic acid groups (broad SMARTS) is 1. The number of aliphatic carboxylic acids is 1. The first-order chi connectivity index (χ1) is 10.3. The summed E-state index contributed by atoms with van der Waals surface area (Å²) in [6.45, 7) is 1.93. The van der Waals surface area contributed by atoms with Gasteiger partial charge in [-0.2, -0.15) is 13.2 Å². The van der Waals surface area contributed by atoms with Gasteiger partial charge in [-0.1, -0.05) is 0 Å². The van der Waals surface area contributed by atoms with Crippen LogP contribution in [0.15, 0.2) is 30.7 Å². The zero-order valence-electron chi connectivity index (χ0n) is 11.5. The fourth-order valence-electron chi connectivity index (χ4n) is 2.18. The molecule has 0 amide bonds. The van der Waals surface area contributed by atoms with Crippen molar-refractivity contribution < 1.29 is 23.1 Å². The van der Waals surface area contributed by atoms with E-state index in [0.717, 1.165) is 30.8 Å². The third-order valence-electron chi connectivity index (χ3n) is 3.20. The van der Waals surface area contributed by atoms with Crippen LogP contribution in [0.3, 0.4) is 0 Å². The van der Waals surface area contributed by atoms with E-state index < -0.39 is 12.1 Å². The van der Waals surface area contributed by atoms with Crippen molar-refractivity contribution in [2.75, 3.05) is 18.0 Å². The van der Waals surface area contributed by atoms with E-state index >= 15 is 0 Å². The molecule has 0 saturated carbocycles. The normalized spacial score (nSPS) is 18.2. The number of rotatable bonds is 1. The maximum Gasteiger partial charge on any atom is 0.490 e. The van der Waals surface area contributed by atoms with Crippen molar-refractivity contribution in [1.29, 1.82) is 0 Å². The molecule has 0 radical (unpaired) electrons. The lowest BCUT2D eigenvalue weighted by Crippen LogP contribution is -2.27. The van der Waals surface area contributed by atoms with Crippen LogP contribution >= 0.6 is 0 Å². The Balaban J connectivity index is 0.000000217. The predicted molar refractivity (Wildman–Crippen MR) is 73.7 cm³/mol. The highest BCUT2D eigenvalue weighted by atomic mass is 19.4. The monoisotopic (exact) mass is 316 g/mol. The minimum Gasteiger partial charge on any atom is -0.475 e. The molecule has 2 aromatic heterocycles. The molecule has 0 spiro atoms. The standard InChI is InChI=1S/C11H14N4.C2HF3O2/c12-9-3-6-15(8-9)11-10-2-1-5-14(10)7-4-13-11;3-2(4,5)1(6)7/h1-2,4-5,7,9H,3,6,8,12H2;(H,6,7)/t9-;/m0./s1. The largest absolute Gasteiger partial charge is 0.490 e. The lowest BCUT2D eigenvalue weighted by molar-refractivity contribution is -0.192. The Bertz CT molecular complexity index is 656. The van der Waals surface area contributed by atoms with E-state index in [9.17, 15) is 13.2 Å². The maximum absolute atomic E-state index is 10.6. The van der Waals surface area contributed by atoms with Crippen LogP contribution in [-0.4, -0.2) is 45.8 Å². The first-order valence-electron chi connectivity index (χ1n) is 6.51. The van der Waals surface area contributed by atoms with Crippen molar-refractivity contribution in [3.63, 3.8) is 0 Å². The van der Waals surface area contributed by atoms with Crippen molar-refractivity contribution in [2.45, 2.75) is 18.6 Å². The smallest absolute Gasteiger partial charge is 0.475 e. The zero-order chi connectivity index (χ0) is 16.3. The number of alkyl halides is 3. The molecule has 1 aliphatic rings. The lowest BCUT2D eigenvalue weighted by atomic mass is 10.3. The minimum absolute atomic E-state index is 0.294. The number of anilines is 1. The van der Waals surface area contributed by atoms with Gasteiger partial charge >= 0.3 is 12.1 Å². The van der Waals surface area contributed by atoms with Crippen LogP contribution in [0, 0.1) is 0 Å². The Labute approximate surface area is 124 Å². The molecule has 2 aromatic rings. The number of hydrogen-bond acceptors (Lipinski definition) is 4. The Hall–Kier alpha value is -2.29. The first kappa shape index (κ1) is 16.1. The fraction of sp³-hybridized carbons (Fsp3) is 0.385. The molecule has 1 fully saturated rings. The lowest BCUT2D eigenvalue weighted by Gasteiger charge is -2.17.